The number of halogens is 1. The molecule has 2 amide bonds. The number of nitrogens with zero attached hydrogens (tertiary/aromatic N) is 2. The van der Waals surface area contributed by atoms with E-state index in [0.717, 1.165) is 37.1 Å². The van der Waals surface area contributed by atoms with Gasteiger partial charge in [-0.3, -0.25) is 9.59 Å². The molecule has 240 valence electrons. The monoisotopic (exact) mass is 589 g/mol. The number of hydrogen-bond acceptors (Lipinski definition) is 4. The van der Waals surface area contributed by atoms with Crippen LogP contribution in [0.1, 0.15) is 102 Å². The summed E-state index contributed by atoms with van der Waals surface area (Å²) in [6.45, 7) is 29.5. The van der Waals surface area contributed by atoms with Crippen LogP contribution in [-0.2, 0) is 16.1 Å². The van der Waals surface area contributed by atoms with Gasteiger partial charge in [0.05, 0.1) is 18.4 Å². The number of aromatic nitrogens is 2. The van der Waals surface area contributed by atoms with Gasteiger partial charge in [0, 0.05) is 39.5 Å². The molecule has 0 bridgehead atoms. The predicted octanol–water partition coefficient (Wildman–Crippen LogP) is 8.19. The fourth-order valence-corrected chi connectivity index (χ4v) is 4.44. The van der Waals surface area contributed by atoms with E-state index >= 15 is 0 Å². The Kier molecular flexibility index (Phi) is 18.1. The number of imidazole rings is 1. The summed E-state index contributed by atoms with van der Waals surface area (Å²) >= 11 is 0. The summed E-state index contributed by atoms with van der Waals surface area (Å²) < 4.78 is 14.3. The Morgan fingerprint density at radius 3 is 2.40 bits per heavy atom. The Balaban J connectivity index is -0.00000198. The van der Waals surface area contributed by atoms with Gasteiger partial charge >= 0.3 is 0 Å². The summed E-state index contributed by atoms with van der Waals surface area (Å²) in [7, 11) is 0. The fraction of sp³-hybridized carbons (Fsp3) is 0.559. The van der Waals surface area contributed by atoms with Gasteiger partial charge in [0.25, 0.3) is 0 Å². The minimum atomic E-state index is -0.734. The Hall–Kier alpha value is -3.42. The summed E-state index contributed by atoms with van der Waals surface area (Å²) in [4.78, 5) is 35.4. The normalized spacial score (nSPS) is 14.6. The highest BCUT2D eigenvalue weighted by Crippen LogP contribution is 2.25. The SMILES string of the molecule is C=C.C=C(C[C@H](NC(=O)CCC(C)(C)C)C(=O)NCc1ncc(-c2ccc(C)cc2F)[nH]1)N1CCC[C@@H]1C.CC.CC.[HH].[HH]. The molecule has 1 saturated heterocycles. The first-order chi connectivity index (χ1) is 19.9. The second kappa shape index (κ2) is 19.7. The van der Waals surface area contributed by atoms with Crippen molar-refractivity contribution < 1.29 is 16.8 Å². The van der Waals surface area contributed by atoms with Gasteiger partial charge in [-0.25, -0.2) is 9.37 Å². The second-order valence-corrected chi connectivity index (χ2v) is 11.1. The molecule has 2 heterocycles. The number of hydrogen-bond donors (Lipinski definition) is 3. The molecule has 42 heavy (non-hydrogen) atoms. The topological polar surface area (TPSA) is 90.1 Å². The molecule has 2 aromatic rings. The third-order valence-electron chi connectivity index (χ3n) is 6.63. The van der Waals surface area contributed by atoms with Gasteiger partial charge in [-0.05, 0) is 56.2 Å². The van der Waals surface area contributed by atoms with Crippen LogP contribution in [0.15, 0.2) is 49.8 Å². The number of H-pyrrole nitrogens is 1. The molecular formula is C34H60FN5O2. The molecule has 1 fully saturated rings. The molecule has 1 aliphatic rings. The van der Waals surface area contributed by atoms with E-state index in [1.807, 2.05) is 40.7 Å². The molecule has 0 unspecified atom stereocenters. The summed E-state index contributed by atoms with van der Waals surface area (Å²) in [5, 5.41) is 5.79. The first kappa shape index (κ1) is 38.6. The van der Waals surface area contributed by atoms with Crippen molar-refractivity contribution in [1.29, 1.82) is 0 Å². The number of nitrogens with one attached hydrogen (secondary N) is 3. The minimum absolute atomic E-state index is 0. The molecule has 7 nitrogen and oxygen atoms in total. The fourth-order valence-electron chi connectivity index (χ4n) is 4.44. The van der Waals surface area contributed by atoms with E-state index in [4.69, 9.17) is 0 Å². The number of likely N-dealkylation sites (tertiary alicyclic amines) is 1. The lowest BCUT2D eigenvalue weighted by Crippen LogP contribution is -2.48. The number of rotatable bonds is 10. The quantitative estimate of drug-likeness (QED) is 0.244. The van der Waals surface area contributed by atoms with Crippen LogP contribution in [0.4, 0.5) is 4.39 Å². The summed E-state index contributed by atoms with van der Waals surface area (Å²) in [5.41, 5.74) is 2.68. The molecule has 3 rings (SSSR count). The minimum Gasteiger partial charge on any atom is -0.373 e. The Bertz CT molecular complexity index is 1120. The van der Waals surface area contributed by atoms with Crippen molar-refractivity contribution in [1.82, 2.24) is 25.5 Å². The van der Waals surface area contributed by atoms with Crippen LogP contribution in [0.2, 0.25) is 0 Å². The van der Waals surface area contributed by atoms with Gasteiger partial charge in [0.2, 0.25) is 11.8 Å². The summed E-state index contributed by atoms with van der Waals surface area (Å²) in [6, 6.07) is 4.65. The molecule has 1 aromatic carbocycles. The van der Waals surface area contributed by atoms with Crippen molar-refractivity contribution in [3.63, 3.8) is 0 Å². The first-order valence-corrected chi connectivity index (χ1v) is 15.2. The third-order valence-corrected chi connectivity index (χ3v) is 6.63. The number of carbonyl (C=O) groups is 2. The largest absolute Gasteiger partial charge is 0.373 e. The lowest BCUT2D eigenvalue weighted by Gasteiger charge is -2.29. The number of aryl methyl sites for hydroxylation is 1. The summed E-state index contributed by atoms with van der Waals surface area (Å²) in [5.74, 6) is -0.279. The average molecular weight is 590 g/mol. The molecular weight excluding hydrogens is 529 g/mol. The Morgan fingerprint density at radius 1 is 1.21 bits per heavy atom. The van der Waals surface area contributed by atoms with Crippen LogP contribution in [0.3, 0.4) is 0 Å². The highest BCUT2D eigenvalue weighted by atomic mass is 19.1. The molecule has 0 aliphatic carbocycles. The lowest BCUT2D eigenvalue weighted by molar-refractivity contribution is -0.129. The van der Waals surface area contributed by atoms with E-state index in [0.29, 0.717) is 36.0 Å². The maximum atomic E-state index is 14.3. The van der Waals surface area contributed by atoms with Gasteiger partial charge in [0.1, 0.15) is 17.7 Å². The first-order valence-electron chi connectivity index (χ1n) is 15.2. The van der Waals surface area contributed by atoms with Gasteiger partial charge in [-0.2, -0.15) is 0 Å². The summed E-state index contributed by atoms with van der Waals surface area (Å²) in [6.07, 6.45) is 5.16. The number of benzene rings is 1. The van der Waals surface area contributed by atoms with Crippen molar-refractivity contribution in [3.05, 3.63) is 67.0 Å². The average Bonchev–Trinajstić information content (AvgIpc) is 3.62. The van der Waals surface area contributed by atoms with Crippen molar-refractivity contribution in [2.24, 2.45) is 5.41 Å². The molecule has 2 atom stereocenters. The zero-order valence-corrected chi connectivity index (χ0v) is 27.6. The van der Waals surface area contributed by atoms with Crippen LogP contribution in [0, 0.1) is 18.2 Å². The standard InChI is InChI=1S/C28H40FN5O2.2C2H6.C2H4.2H2/c1-18-9-10-21(22(29)14-18)24-16-30-25(32-24)17-31-27(36)23(33-26(35)11-12-28(4,5)6)15-20(3)34-13-7-8-19(34)2;3*1-2;;/h9-10,14,16,19,23H,3,7-8,11-13,15,17H2,1-2,4-6H3,(H,30,32)(H,31,36)(H,33,35);2*1-2H3;1-2H2;2*1H/t19-,23-;;;;;/m0...../s1. The van der Waals surface area contributed by atoms with Crippen molar-refractivity contribution in [2.45, 2.75) is 113 Å². The highest BCUT2D eigenvalue weighted by Gasteiger charge is 2.27. The van der Waals surface area contributed by atoms with Gasteiger partial charge in [0.15, 0.2) is 0 Å². The predicted molar refractivity (Wildman–Crippen MR) is 179 cm³/mol. The maximum Gasteiger partial charge on any atom is 0.243 e. The van der Waals surface area contributed by atoms with Gasteiger partial charge in [-0.1, -0.05) is 61.1 Å². The second-order valence-electron chi connectivity index (χ2n) is 11.1. The van der Waals surface area contributed by atoms with Crippen LogP contribution in [0.25, 0.3) is 11.3 Å². The zero-order valence-electron chi connectivity index (χ0n) is 27.6. The Labute approximate surface area is 257 Å². The van der Waals surface area contributed by atoms with Crippen LogP contribution in [0.5, 0.6) is 0 Å². The van der Waals surface area contributed by atoms with E-state index in [9.17, 15) is 14.0 Å². The van der Waals surface area contributed by atoms with Crippen molar-refractivity contribution >= 4 is 11.8 Å². The number of aromatic amines is 1. The Morgan fingerprint density at radius 2 is 1.86 bits per heavy atom. The van der Waals surface area contributed by atoms with Crippen molar-refractivity contribution in [3.8, 4) is 11.3 Å². The van der Waals surface area contributed by atoms with Gasteiger partial charge < -0.3 is 20.5 Å². The zero-order chi connectivity index (χ0) is 32.5. The molecule has 0 radical (unpaired) electrons. The van der Waals surface area contributed by atoms with Gasteiger partial charge in [-0.15, -0.1) is 13.2 Å². The molecule has 0 saturated carbocycles. The van der Waals surface area contributed by atoms with E-state index < -0.39 is 6.04 Å². The van der Waals surface area contributed by atoms with E-state index in [1.54, 1.807) is 12.3 Å². The number of amides is 2. The molecule has 1 aliphatic heterocycles. The third kappa shape index (κ3) is 13.0. The van der Waals surface area contributed by atoms with Crippen LogP contribution >= 0.6 is 0 Å². The number of carbonyl (C=O) groups excluding carboxylic acids is 2. The smallest absolute Gasteiger partial charge is 0.243 e. The van der Waals surface area contributed by atoms with Crippen LogP contribution in [-0.4, -0.2) is 45.3 Å². The molecule has 8 heteroatoms. The van der Waals surface area contributed by atoms with E-state index in [1.165, 1.54) is 6.07 Å². The van der Waals surface area contributed by atoms with Crippen molar-refractivity contribution in [2.75, 3.05) is 6.54 Å². The van der Waals surface area contributed by atoms with Crippen LogP contribution < -0.4 is 10.6 Å². The lowest BCUT2D eigenvalue weighted by atomic mass is 9.90. The maximum absolute atomic E-state index is 14.3. The molecule has 1 aromatic heterocycles. The van der Waals surface area contributed by atoms with E-state index in [-0.39, 0.29) is 32.4 Å². The van der Waals surface area contributed by atoms with E-state index in [2.05, 4.69) is 72.9 Å². The molecule has 0 spiro atoms. The highest BCUT2D eigenvalue weighted by molar-refractivity contribution is 5.87. The molecule has 3 N–H and O–H groups in total.